The Hall–Kier alpha value is -1.96. The van der Waals surface area contributed by atoms with Crippen molar-refractivity contribution in [2.75, 3.05) is 19.6 Å². The number of nitrogens with zero attached hydrogens (tertiary/aromatic N) is 1. The van der Waals surface area contributed by atoms with Gasteiger partial charge in [-0.2, -0.15) is 13.2 Å². The summed E-state index contributed by atoms with van der Waals surface area (Å²) >= 11 is 0. The summed E-state index contributed by atoms with van der Waals surface area (Å²) in [6.45, 7) is 2.38. The number of hydrogen-bond acceptors (Lipinski definition) is 3. The number of aldehydes is 1. The van der Waals surface area contributed by atoms with Gasteiger partial charge in [0.05, 0.1) is 0 Å². The van der Waals surface area contributed by atoms with E-state index in [1.807, 2.05) is 4.90 Å². The largest absolute Gasteiger partial charge is 0.446 e. The summed E-state index contributed by atoms with van der Waals surface area (Å²) < 4.78 is 44.4. The van der Waals surface area contributed by atoms with E-state index in [4.69, 9.17) is 4.79 Å². The summed E-state index contributed by atoms with van der Waals surface area (Å²) in [5, 5.41) is 3.28. The van der Waals surface area contributed by atoms with Crippen LogP contribution in [0.4, 0.5) is 17.6 Å². The van der Waals surface area contributed by atoms with Crippen molar-refractivity contribution in [1.82, 2.24) is 10.2 Å². The number of nitrogens with one attached hydrogen (secondary N) is 1. The van der Waals surface area contributed by atoms with Gasteiger partial charge in [-0.1, -0.05) is 6.07 Å². The SMILES string of the molecule is O=C1c2cc(F)ccc2C[C@@H]2CNCCN12.O=CC(F)(F)F. The van der Waals surface area contributed by atoms with Crippen LogP contribution in [0.3, 0.4) is 0 Å². The van der Waals surface area contributed by atoms with E-state index in [9.17, 15) is 22.4 Å². The molecule has 3 rings (SSSR count). The Bertz CT molecular complexity index is 574. The lowest BCUT2D eigenvalue weighted by Gasteiger charge is -2.40. The smallest absolute Gasteiger partial charge is 0.333 e. The molecule has 1 atom stereocenters. The number of halogens is 4. The van der Waals surface area contributed by atoms with Crippen molar-refractivity contribution < 1.29 is 27.2 Å². The molecule has 2 aliphatic heterocycles. The molecule has 1 N–H and O–H groups in total. The first-order chi connectivity index (χ1) is 10.3. The van der Waals surface area contributed by atoms with Crippen LogP contribution < -0.4 is 5.32 Å². The number of carbonyl (C=O) groups excluding carboxylic acids is 2. The van der Waals surface area contributed by atoms with Gasteiger partial charge in [0.15, 0.2) is 0 Å². The number of alkyl halides is 3. The molecule has 22 heavy (non-hydrogen) atoms. The molecule has 8 heteroatoms. The van der Waals surface area contributed by atoms with Gasteiger partial charge in [-0.3, -0.25) is 9.59 Å². The molecule has 2 aliphatic rings. The second-order valence-corrected chi connectivity index (χ2v) is 5.02. The summed E-state index contributed by atoms with van der Waals surface area (Å²) in [5.41, 5.74) is 1.51. The molecular formula is C14H14F4N2O2. The van der Waals surface area contributed by atoms with Crippen molar-refractivity contribution >= 4 is 12.2 Å². The Morgan fingerprint density at radius 3 is 2.64 bits per heavy atom. The Morgan fingerprint density at radius 2 is 2.00 bits per heavy atom. The first-order valence-electron chi connectivity index (χ1n) is 6.65. The third-order valence-corrected chi connectivity index (χ3v) is 3.50. The fourth-order valence-corrected chi connectivity index (χ4v) is 2.55. The van der Waals surface area contributed by atoms with E-state index < -0.39 is 12.5 Å². The van der Waals surface area contributed by atoms with Crippen LogP contribution in [0, 0.1) is 5.82 Å². The monoisotopic (exact) mass is 318 g/mol. The maximum Gasteiger partial charge on any atom is 0.446 e. The van der Waals surface area contributed by atoms with Crippen LogP contribution in [0.1, 0.15) is 15.9 Å². The average molecular weight is 318 g/mol. The zero-order valence-electron chi connectivity index (χ0n) is 11.5. The minimum atomic E-state index is -4.64. The fourth-order valence-electron chi connectivity index (χ4n) is 2.55. The van der Waals surface area contributed by atoms with Crippen LogP contribution in [0.2, 0.25) is 0 Å². The highest BCUT2D eigenvalue weighted by atomic mass is 19.4. The van der Waals surface area contributed by atoms with Crippen LogP contribution in [-0.2, 0) is 11.2 Å². The molecule has 0 aromatic heterocycles. The molecule has 0 radical (unpaired) electrons. The number of piperazine rings is 1. The van der Waals surface area contributed by atoms with Crippen LogP contribution in [0.25, 0.3) is 0 Å². The van der Waals surface area contributed by atoms with Gasteiger partial charge in [0, 0.05) is 31.2 Å². The third-order valence-electron chi connectivity index (χ3n) is 3.50. The van der Waals surface area contributed by atoms with E-state index in [1.54, 1.807) is 6.07 Å². The van der Waals surface area contributed by atoms with E-state index in [-0.39, 0.29) is 17.8 Å². The highest BCUT2D eigenvalue weighted by Gasteiger charge is 2.33. The number of rotatable bonds is 0. The van der Waals surface area contributed by atoms with Gasteiger partial charge in [-0.25, -0.2) is 4.39 Å². The van der Waals surface area contributed by atoms with Gasteiger partial charge in [0.1, 0.15) is 5.82 Å². The molecule has 0 spiro atoms. The number of hydrogen-bond donors (Lipinski definition) is 1. The van der Waals surface area contributed by atoms with Crippen molar-refractivity contribution in [2.24, 2.45) is 0 Å². The van der Waals surface area contributed by atoms with Crippen molar-refractivity contribution in [3.8, 4) is 0 Å². The Kier molecular flexibility index (Phi) is 4.80. The molecule has 0 saturated carbocycles. The molecule has 4 nitrogen and oxygen atoms in total. The molecule has 1 saturated heterocycles. The first kappa shape index (κ1) is 16.4. The van der Waals surface area contributed by atoms with E-state index >= 15 is 0 Å². The quantitative estimate of drug-likeness (QED) is 0.583. The number of benzene rings is 1. The first-order valence-corrected chi connectivity index (χ1v) is 6.65. The zero-order valence-corrected chi connectivity index (χ0v) is 11.5. The normalized spacial score (nSPS) is 20.5. The summed E-state index contributed by atoms with van der Waals surface area (Å²) in [6.07, 6.45) is -4.87. The molecule has 1 fully saturated rings. The molecule has 1 amide bonds. The van der Waals surface area contributed by atoms with Gasteiger partial charge in [-0.05, 0) is 24.1 Å². The average Bonchev–Trinajstić information content (AvgIpc) is 2.48. The number of carbonyl (C=O) groups is 2. The predicted octanol–water partition coefficient (Wildman–Crippen LogP) is 1.54. The molecular weight excluding hydrogens is 304 g/mol. The second kappa shape index (κ2) is 6.43. The van der Waals surface area contributed by atoms with Crippen molar-refractivity contribution in [3.63, 3.8) is 0 Å². The van der Waals surface area contributed by atoms with Gasteiger partial charge in [-0.15, -0.1) is 0 Å². The molecule has 2 heterocycles. The standard InChI is InChI=1S/C12H13FN2O.C2HF3O/c13-9-2-1-8-5-10-7-14-3-4-15(10)12(16)11(8)6-9;3-2(4,5)1-6/h1-2,6,10,14H,3-5,7H2;1H/t10-;/m1./s1. The van der Waals surface area contributed by atoms with Gasteiger partial charge in [0.25, 0.3) is 5.91 Å². The lowest BCUT2D eigenvalue weighted by Crippen LogP contribution is -2.56. The summed E-state index contributed by atoms with van der Waals surface area (Å²) in [4.78, 5) is 22.7. The van der Waals surface area contributed by atoms with Crippen LogP contribution >= 0.6 is 0 Å². The molecule has 0 aliphatic carbocycles. The predicted molar refractivity (Wildman–Crippen MR) is 69.9 cm³/mol. The lowest BCUT2D eigenvalue weighted by atomic mass is 9.92. The summed E-state index contributed by atoms with van der Waals surface area (Å²) in [7, 11) is 0. The molecule has 120 valence electrons. The molecule has 0 unspecified atom stereocenters. The third kappa shape index (κ3) is 3.82. The maximum absolute atomic E-state index is 13.1. The van der Waals surface area contributed by atoms with Crippen molar-refractivity contribution in [1.29, 1.82) is 0 Å². The van der Waals surface area contributed by atoms with Crippen molar-refractivity contribution in [2.45, 2.75) is 18.6 Å². The lowest BCUT2D eigenvalue weighted by molar-refractivity contribution is -0.156. The Morgan fingerprint density at radius 1 is 1.32 bits per heavy atom. The Balaban J connectivity index is 0.000000254. The second-order valence-electron chi connectivity index (χ2n) is 5.02. The van der Waals surface area contributed by atoms with Gasteiger partial charge >= 0.3 is 6.18 Å². The van der Waals surface area contributed by atoms with Crippen LogP contribution in [-0.4, -0.2) is 48.9 Å². The molecule has 1 aromatic rings. The maximum atomic E-state index is 13.1. The van der Waals surface area contributed by atoms with Crippen LogP contribution in [0.5, 0.6) is 0 Å². The molecule has 0 bridgehead atoms. The number of amides is 1. The topological polar surface area (TPSA) is 49.4 Å². The van der Waals surface area contributed by atoms with Crippen molar-refractivity contribution in [3.05, 3.63) is 35.1 Å². The zero-order chi connectivity index (χ0) is 16.3. The fraction of sp³-hybridized carbons (Fsp3) is 0.429. The summed E-state index contributed by atoms with van der Waals surface area (Å²) in [5.74, 6) is -0.354. The van der Waals surface area contributed by atoms with Gasteiger partial charge in [0.2, 0.25) is 6.29 Å². The minimum Gasteiger partial charge on any atom is -0.333 e. The summed E-state index contributed by atoms with van der Waals surface area (Å²) in [6, 6.07) is 4.75. The van der Waals surface area contributed by atoms with E-state index in [1.165, 1.54) is 12.1 Å². The van der Waals surface area contributed by atoms with E-state index in [0.717, 1.165) is 31.6 Å². The van der Waals surface area contributed by atoms with Gasteiger partial charge < -0.3 is 10.2 Å². The molecule has 1 aromatic carbocycles. The highest BCUT2D eigenvalue weighted by molar-refractivity contribution is 5.97. The highest BCUT2D eigenvalue weighted by Crippen LogP contribution is 2.24. The number of fused-ring (bicyclic) bond motifs is 2. The Labute approximate surface area is 124 Å². The van der Waals surface area contributed by atoms with Crippen LogP contribution in [0.15, 0.2) is 18.2 Å². The van der Waals surface area contributed by atoms with E-state index in [0.29, 0.717) is 5.56 Å². The minimum absolute atomic E-state index is 0.0211. The van der Waals surface area contributed by atoms with E-state index in [2.05, 4.69) is 5.32 Å².